The van der Waals surface area contributed by atoms with Crippen LogP contribution in [0, 0.1) is 11.6 Å². The van der Waals surface area contributed by atoms with Crippen LogP contribution < -0.4 is 9.62 Å². The minimum Gasteiger partial charge on any atom is -0.376 e. The number of hydrogen-bond acceptors (Lipinski definition) is 7. The molecular formula is C28H24F2N8O2S. The summed E-state index contributed by atoms with van der Waals surface area (Å²) in [6.45, 7) is -0.0841. The highest BCUT2D eigenvalue weighted by Crippen LogP contribution is 2.35. The molecule has 13 heteroatoms. The quantitative estimate of drug-likeness (QED) is 0.253. The van der Waals surface area contributed by atoms with Crippen molar-refractivity contribution in [3.05, 3.63) is 78.3 Å². The molecule has 0 radical (unpaired) electrons. The number of sulfonamides is 1. The Labute approximate surface area is 233 Å². The standard InChI is InChI=1S/C28H24F2N8O2S/c1-38(2)19-11-17(13-31-14-19)20-4-5-21-23(24(20)30)27(37-36-21)28-34-22-6-7-32-25(26(22)35-28)16-8-15(9-18(29)10-16)12-33-41(3,39)40/h4-11,13-14,33H,12H2,1-3H3,(H,34,35)(H,36,37). The summed E-state index contributed by atoms with van der Waals surface area (Å²) in [5.74, 6) is -0.730. The number of rotatable bonds is 7. The molecule has 6 rings (SSSR count). The van der Waals surface area contributed by atoms with Gasteiger partial charge in [0.05, 0.1) is 40.3 Å². The second-order valence-corrected chi connectivity index (χ2v) is 11.7. The number of pyridine rings is 2. The van der Waals surface area contributed by atoms with Crippen molar-refractivity contribution >= 4 is 37.6 Å². The largest absolute Gasteiger partial charge is 0.376 e. The van der Waals surface area contributed by atoms with Gasteiger partial charge >= 0.3 is 0 Å². The molecule has 3 N–H and O–H groups in total. The fourth-order valence-electron chi connectivity index (χ4n) is 4.65. The van der Waals surface area contributed by atoms with Crippen LogP contribution in [0.1, 0.15) is 5.56 Å². The Bertz CT molecular complexity index is 2050. The summed E-state index contributed by atoms with van der Waals surface area (Å²) in [4.78, 5) is 18.4. The number of fused-ring (bicyclic) bond motifs is 2. The van der Waals surface area contributed by atoms with Gasteiger partial charge in [0, 0.05) is 49.7 Å². The van der Waals surface area contributed by atoms with Gasteiger partial charge in [-0.1, -0.05) is 0 Å². The van der Waals surface area contributed by atoms with Crippen LogP contribution in [0.4, 0.5) is 14.5 Å². The average Bonchev–Trinajstić information content (AvgIpc) is 3.56. The molecule has 2 aromatic carbocycles. The Kier molecular flexibility index (Phi) is 6.47. The van der Waals surface area contributed by atoms with E-state index in [0.29, 0.717) is 50.3 Å². The molecule has 0 aliphatic carbocycles. The van der Waals surface area contributed by atoms with Crippen LogP contribution in [-0.2, 0) is 16.6 Å². The van der Waals surface area contributed by atoms with Crippen LogP contribution in [0.2, 0.25) is 0 Å². The Hall–Kier alpha value is -4.75. The van der Waals surface area contributed by atoms with Gasteiger partial charge in [0.1, 0.15) is 22.8 Å². The lowest BCUT2D eigenvalue weighted by Crippen LogP contribution is -2.21. The van der Waals surface area contributed by atoms with E-state index in [-0.39, 0.29) is 17.6 Å². The fraction of sp³-hybridized carbons (Fsp3) is 0.143. The fourth-order valence-corrected chi connectivity index (χ4v) is 5.08. The van der Waals surface area contributed by atoms with Crippen molar-refractivity contribution in [3.8, 4) is 33.9 Å². The van der Waals surface area contributed by atoms with E-state index in [9.17, 15) is 12.8 Å². The first-order valence-electron chi connectivity index (χ1n) is 12.5. The van der Waals surface area contributed by atoms with Crippen LogP contribution in [0.5, 0.6) is 0 Å². The Morgan fingerprint density at radius 3 is 2.59 bits per heavy atom. The van der Waals surface area contributed by atoms with Crippen molar-refractivity contribution in [1.82, 2.24) is 34.9 Å². The molecule has 0 atom stereocenters. The molecule has 6 aromatic rings. The van der Waals surface area contributed by atoms with E-state index in [1.165, 1.54) is 12.1 Å². The van der Waals surface area contributed by atoms with Crippen LogP contribution >= 0.6 is 0 Å². The third-order valence-corrected chi connectivity index (χ3v) is 7.28. The number of imidazole rings is 1. The Morgan fingerprint density at radius 1 is 0.976 bits per heavy atom. The van der Waals surface area contributed by atoms with Crippen molar-refractivity contribution in [1.29, 1.82) is 0 Å². The molecule has 0 spiro atoms. The third kappa shape index (κ3) is 5.12. The predicted octanol–water partition coefficient (Wildman–Crippen LogP) is 4.62. The summed E-state index contributed by atoms with van der Waals surface area (Å²) in [6, 6.07) is 11.2. The van der Waals surface area contributed by atoms with Crippen molar-refractivity contribution in [2.75, 3.05) is 25.3 Å². The summed E-state index contributed by atoms with van der Waals surface area (Å²) in [5.41, 5.74) is 4.79. The summed E-state index contributed by atoms with van der Waals surface area (Å²) < 4.78 is 56.0. The number of aromatic nitrogens is 6. The minimum atomic E-state index is -3.47. The molecule has 0 saturated heterocycles. The van der Waals surface area contributed by atoms with Gasteiger partial charge in [-0.05, 0) is 48.0 Å². The molecule has 0 aliphatic heterocycles. The molecule has 208 valence electrons. The Balaban J connectivity index is 1.45. The highest BCUT2D eigenvalue weighted by molar-refractivity contribution is 7.88. The number of nitrogens with zero attached hydrogens (tertiary/aromatic N) is 5. The lowest BCUT2D eigenvalue weighted by atomic mass is 10.0. The minimum absolute atomic E-state index is 0.0841. The molecule has 4 heterocycles. The molecule has 0 aliphatic rings. The lowest BCUT2D eigenvalue weighted by molar-refractivity contribution is 0.586. The zero-order valence-corrected chi connectivity index (χ0v) is 23.0. The normalized spacial score (nSPS) is 11.9. The van der Waals surface area contributed by atoms with E-state index < -0.39 is 21.7 Å². The van der Waals surface area contributed by atoms with Gasteiger partial charge in [-0.2, -0.15) is 5.10 Å². The summed E-state index contributed by atoms with van der Waals surface area (Å²) in [6.07, 6.45) is 5.88. The number of nitrogens with one attached hydrogen (secondary N) is 3. The molecule has 0 unspecified atom stereocenters. The molecule has 0 fully saturated rings. The van der Waals surface area contributed by atoms with Gasteiger partial charge in [0.15, 0.2) is 5.82 Å². The van der Waals surface area contributed by atoms with E-state index in [2.05, 4.69) is 34.9 Å². The van der Waals surface area contributed by atoms with Gasteiger partial charge in [-0.3, -0.25) is 15.1 Å². The van der Waals surface area contributed by atoms with Crippen LogP contribution in [0.25, 0.3) is 55.8 Å². The summed E-state index contributed by atoms with van der Waals surface area (Å²) >= 11 is 0. The number of benzene rings is 2. The van der Waals surface area contributed by atoms with Gasteiger partial charge in [-0.15, -0.1) is 0 Å². The van der Waals surface area contributed by atoms with E-state index in [0.717, 1.165) is 11.9 Å². The van der Waals surface area contributed by atoms with Crippen LogP contribution in [0.15, 0.2) is 61.1 Å². The van der Waals surface area contributed by atoms with E-state index >= 15 is 4.39 Å². The number of hydrogen-bond donors (Lipinski definition) is 3. The third-order valence-electron chi connectivity index (χ3n) is 6.61. The van der Waals surface area contributed by atoms with Crippen molar-refractivity contribution in [2.45, 2.75) is 6.54 Å². The lowest BCUT2D eigenvalue weighted by Gasteiger charge is -2.13. The smallest absolute Gasteiger partial charge is 0.209 e. The first kappa shape index (κ1) is 26.5. The average molecular weight is 575 g/mol. The SMILES string of the molecule is CN(C)c1cncc(-c2ccc3[nH]nc(-c4nc5c(-c6cc(F)cc(CNS(C)(=O)=O)c6)nccc5[nH]4)c3c2F)c1. The van der Waals surface area contributed by atoms with E-state index in [1.807, 2.05) is 25.1 Å². The van der Waals surface area contributed by atoms with Crippen molar-refractivity contribution in [2.24, 2.45) is 0 Å². The second-order valence-electron chi connectivity index (χ2n) is 9.83. The number of H-pyrrole nitrogens is 2. The van der Waals surface area contributed by atoms with E-state index in [4.69, 9.17) is 0 Å². The van der Waals surface area contributed by atoms with E-state index in [1.54, 1.807) is 42.9 Å². The topological polar surface area (TPSA) is 133 Å². The summed E-state index contributed by atoms with van der Waals surface area (Å²) in [5, 5.41) is 7.48. The zero-order valence-electron chi connectivity index (χ0n) is 22.2. The van der Waals surface area contributed by atoms with Gasteiger partial charge in [-0.25, -0.2) is 26.9 Å². The highest BCUT2D eigenvalue weighted by atomic mass is 32.2. The van der Waals surface area contributed by atoms with Crippen molar-refractivity contribution < 1.29 is 17.2 Å². The number of halogens is 2. The predicted molar refractivity (Wildman–Crippen MR) is 154 cm³/mol. The second kappa shape index (κ2) is 10.0. The zero-order chi connectivity index (χ0) is 28.9. The highest BCUT2D eigenvalue weighted by Gasteiger charge is 2.21. The molecule has 10 nitrogen and oxygen atoms in total. The maximum atomic E-state index is 16.1. The first-order valence-corrected chi connectivity index (χ1v) is 14.4. The van der Waals surface area contributed by atoms with Gasteiger partial charge < -0.3 is 9.88 Å². The number of aromatic amines is 2. The van der Waals surface area contributed by atoms with Crippen molar-refractivity contribution in [3.63, 3.8) is 0 Å². The molecule has 0 saturated carbocycles. The van der Waals surface area contributed by atoms with Crippen LogP contribution in [-0.4, -0.2) is 58.9 Å². The molecular weight excluding hydrogens is 550 g/mol. The maximum Gasteiger partial charge on any atom is 0.209 e. The van der Waals surface area contributed by atoms with Gasteiger partial charge in [0.2, 0.25) is 10.0 Å². The maximum absolute atomic E-state index is 16.1. The Morgan fingerprint density at radius 2 is 1.80 bits per heavy atom. The summed E-state index contributed by atoms with van der Waals surface area (Å²) in [7, 11) is 0.301. The van der Waals surface area contributed by atoms with Gasteiger partial charge in [0.25, 0.3) is 0 Å². The first-order chi connectivity index (χ1) is 19.6. The van der Waals surface area contributed by atoms with Crippen LogP contribution in [0.3, 0.4) is 0 Å². The molecule has 41 heavy (non-hydrogen) atoms. The molecule has 4 aromatic heterocycles. The number of anilines is 1. The molecule has 0 bridgehead atoms. The monoisotopic (exact) mass is 574 g/mol. The molecule has 0 amide bonds.